The molecule has 0 saturated carbocycles. The number of likely N-dealkylation sites (N-methyl/N-ethyl adjacent to an activating group) is 1. The van der Waals surface area contributed by atoms with Crippen LogP contribution in [-0.2, 0) is 19.6 Å². The molecule has 0 N–H and O–H groups in total. The summed E-state index contributed by atoms with van der Waals surface area (Å²) >= 11 is 0. The molecule has 0 spiro atoms. The Morgan fingerprint density at radius 1 is 0.549 bits per heavy atom. The van der Waals surface area contributed by atoms with Crippen molar-refractivity contribution in [2.24, 2.45) is 0 Å². The van der Waals surface area contributed by atoms with Crippen LogP contribution >= 0.6 is 0 Å². The van der Waals surface area contributed by atoms with Gasteiger partial charge in [0.1, 0.15) is 6.61 Å². The number of sulfonamides is 1. The van der Waals surface area contributed by atoms with E-state index in [1.807, 2.05) is 0 Å². The Balaban J connectivity index is 6.95. The first-order chi connectivity index (χ1) is 21.8. The molecule has 0 aliphatic heterocycles. The molecular formula is C20H14F25NO4S. The van der Waals surface area contributed by atoms with Gasteiger partial charge in [0.25, 0.3) is 0 Å². The number of hydrogen-bond donors (Lipinski definition) is 0. The summed E-state index contributed by atoms with van der Waals surface area (Å²) in [4.78, 5) is 10.8. The quantitative estimate of drug-likeness (QED) is 0.0801. The zero-order chi connectivity index (χ0) is 41.9. The summed E-state index contributed by atoms with van der Waals surface area (Å²) in [6.07, 6.45) is -11.2. The molecule has 0 aliphatic carbocycles. The fourth-order valence-corrected chi connectivity index (χ4v) is 4.21. The number of ether oxygens (including phenoxy) is 1. The van der Waals surface area contributed by atoms with Gasteiger partial charge in [0.15, 0.2) is 0 Å². The second-order valence-electron chi connectivity index (χ2n) is 9.71. The van der Waals surface area contributed by atoms with E-state index < -0.39 is 113 Å². The SMILES string of the molecule is C=CC(=O)OCCN(C)S(=O)(=O)CCC(F)(F)C(F)(F)C(F)(F)C(F)(F)C(F)(F)C(F)(F)C(F)(F)C(F)(F)C(F)(F)C(F)(F)C(F)(F)C(F)(F)F. The summed E-state index contributed by atoms with van der Waals surface area (Å²) in [6, 6.07) is 0. The van der Waals surface area contributed by atoms with Gasteiger partial charge < -0.3 is 4.74 Å². The van der Waals surface area contributed by atoms with Crippen molar-refractivity contribution in [3.05, 3.63) is 12.7 Å². The topological polar surface area (TPSA) is 63.7 Å². The molecule has 0 heterocycles. The summed E-state index contributed by atoms with van der Waals surface area (Å²) in [5.74, 6) is -104. The highest BCUT2D eigenvalue weighted by atomic mass is 32.2. The lowest BCUT2D eigenvalue weighted by Crippen LogP contribution is -2.78. The van der Waals surface area contributed by atoms with E-state index in [0.717, 1.165) is 0 Å². The summed E-state index contributed by atoms with van der Waals surface area (Å²) in [7, 11) is -5.16. The van der Waals surface area contributed by atoms with Crippen LogP contribution in [0, 0.1) is 0 Å². The van der Waals surface area contributed by atoms with Gasteiger partial charge in [0.2, 0.25) is 10.0 Å². The summed E-state index contributed by atoms with van der Waals surface area (Å²) in [6.45, 7) is 0.756. The molecule has 0 atom stereocenters. The van der Waals surface area contributed by atoms with Crippen LogP contribution in [0.15, 0.2) is 12.7 Å². The summed E-state index contributed by atoms with van der Waals surface area (Å²) in [5, 5.41) is 0. The van der Waals surface area contributed by atoms with Crippen molar-refractivity contribution in [1.29, 1.82) is 0 Å². The molecule has 0 saturated heterocycles. The van der Waals surface area contributed by atoms with Gasteiger partial charge >= 0.3 is 77.3 Å². The molecule has 0 amide bonds. The molecule has 0 aliphatic rings. The van der Waals surface area contributed by atoms with Gasteiger partial charge in [-0.2, -0.15) is 110 Å². The number of esters is 1. The maximum atomic E-state index is 14.1. The molecule has 0 bridgehead atoms. The maximum Gasteiger partial charge on any atom is 0.460 e. The van der Waals surface area contributed by atoms with Gasteiger partial charge in [-0.3, -0.25) is 0 Å². The van der Waals surface area contributed by atoms with E-state index in [2.05, 4.69) is 11.3 Å². The molecule has 0 aromatic rings. The van der Waals surface area contributed by atoms with E-state index in [1.165, 1.54) is 0 Å². The Bertz CT molecular complexity index is 1390. The number of nitrogens with zero attached hydrogens (tertiary/aromatic N) is 1. The second-order valence-corrected chi connectivity index (χ2v) is 11.9. The Morgan fingerprint density at radius 3 is 1.10 bits per heavy atom. The third kappa shape index (κ3) is 7.08. The highest BCUT2D eigenvalue weighted by Crippen LogP contribution is 2.67. The standard InChI is InChI=1S/C20H14F25NO4S/c1-3-8(47)50-6-5-46(2)51(48,49)7-4-9(21,22)10(23,24)11(25,26)12(27,28)13(29,30)14(31,32)15(33,34)16(35,36)17(37,38)18(39,40)19(41,42)20(43,44)45/h3H,1,4-7H2,2H3. The average molecular weight is 839 g/mol. The van der Waals surface area contributed by atoms with E-state index in [1.54, 1.807) is 0 Å². The molecular weight excluding hydrogens is 825 g/mol. The number of carbonyl (C=O) groups excluding carboxylic acids is 1. The molecule has 51 heavy (non-hydrogen) atoms. The van der Waals surface area contributed by atoms with Gasteiger partial charge in [-0.05, 0) is 0 Å². The van der Waals surface area contributed by atoms with Gasteiger partial charge in [0.05, 0.1) is 5.75 Å². The fourth-order valence-electron chi connectivity index (χ4n) is 3.03. The molecule has 0 aromatic heterocycles. The maximum absolute atomic E-state index is 14.1. The highest BCUT2D eigenvalue weighted by molar-refractivity contribution is 7.89. The van der Waals surface area contributed by atoms with Crippen molar-refractivity contribution < 1.29 is 128 Å². The van der Waals surface area contributed by atoms with Crippen molar-refractivity contribution in [2.45, 2.75) is 77.7 Å². The first-order valence-electron chi connectivity index (χ1n) is 11.8. The Labute approximate surface area is 265 Å². The van der Waals surface area contributed by atoms with Crippen molar-refractivity contribution >= 4 is 16.0 Å². The van der Waals surface area contributed by atoms with Crippen molar-refractivity contribution in [1.82, 2.24) is 4.31 Å². The van der Waals surface area contributed by atoms with Crippen LogP contribution in [0.25, 0.3) is 0 Å². The lowest BCUT2D eigenvalue weighted by Gasteiger charge is -2.45. The second kappa shape index (κ2) is 13.3. The van der Waals surface area contributed by atoms with E-state index >= 15 is 0 Å². The number of carbonyl (C=O) groups is 1. The van der Waals surface area contributed by atoms with E-state index in [9.17, 15) is 123 Å². The van der Waals surface area contributed by atoms with Crippen LogP contribution < -0.4 is 0 Å². The zero-order valence-corrected chi connectivity index (χ0v) is 24.4. The van der Waals surface area contributed by atoms with Gasteiger partial charge in [0, 0.05) is 26.1 Å². The fraction of sp³-hybridized carbons (Fsp3) is 0.850. The summed E-state index contributed by atoms with van der Waals surface area (Å²) in [5.41, 5.74) is 0. The normalized spacial score (nSPS) is 16.1. The van der Waals surface area contributed by atoms with Crippen molar-refractivity contribution in [2.75, 3.05) is 26.0 Å². The van der Waals surface area contributed by atoms with Gasteiger partial charge in [-0.15, -0.1) is 0 Å². The van der Waals surface area contributed by atoms with Crippen LogP contribution in [0.3, 0.4) is 0 Å². The number of rotatable bonds is 18. The van der Waals surface area contributed by atoms with Crippen LogP contribution in [0.5, 0.6) is 0 Å². The average Bonchev–Trinajstić information content (AvgIpc) is 2.94. The summed E-state index contributed by atoms with van der Waals surface area (Å²) < 4.78 is 366. The molecule has 304 valence electrons. The molecule has 5 nitrogen and oxygen atoms in total. The molecule has 0 fully saturated rings. The Kier molecular flexibility index (Phi) is 12.7. The van der Waals surface area contributed by atoms with E-state index in [0.29, 0.717) is 13.1 Å². The van der Waals surface area contributed by atoms with Crippen LogP contribution in [-0.4, -0.2) is 116 Å². The largest absolute Gasteiger partial charge is 0.461 e. The highest BCUT2D eigenvalue weighted by Gasteiger charge is 2.99. The monoisotopic (exact) mass is 839 g/mol. The molecule has 0 aromatic carbocycles. The van der Waals surface area contributed by atoms with Crippen LogP contribution in [0.1, 0.15) is 6.42 Å². The minimum atomic E-state index is -9.70. The van der Waals surface area contributed by atoms with Crippen molar-refractivity contribution in [3.8, 4) is 0 Å². The number of hydrogen-bond acceptors (Lipinski definition) is 4. The predicted octanol–water partition coefficient (Wildman–Crippen LogP) is 7.92. The van der Waals surface area contributed by atoms with Crippen molar-refractivity contribution in [3.63, 3.8) is 0 Å². The molecule has 0 unspecified atom stereocenters. The minimum Gasteiger partial charge on any atom is -0.461 e. The lowest BCUT2D eigenvalue weighted by atomic mass is 9.84. The Hall–Kier alpha value is -2.63. The predicted molar refractivity (Wildman–Crippen MR) is 113 cm³/mol. The van der Waals surface area contributed by atoms with E-state index in [-0.39, 0.29) is 4.31 Å². The first-order valence-corrected chi connectivity index (χ1v) is 13.4. The molecule has 31 heteroatoms. The zero-order valence-electron chi connectivity index (χ0n) is 23.6. The van der Waals surface area contributed by atoms with Gasteiger partial charge in [-0.25, -0.2) is 17.5 Å². The van der Waals surface area contributed by atoms with Crippen LogP contribution in [0.4, 0.5) is 110 Å². The third-order valence-electron chi connectivity index (χ3n) is 6.33. The first kappa shape index (κ1) is 48.4. The van der Waals surface area contributed by atoms with E-state index in [4.69, 9.17) is 0 Å². The van der Waals surface area contributed by atoms with Gasteiger partial charge in [-0.1, -0.05) is 6.58 Å². The minimum absolute atomic E-state index is 0.203. The molecule has 0 radical (unpaired) electrons. The number of halogens is 25. The lowest BCUT2D eigenvalue weighted by molar-refractivity contribution is -0.482. The third-order valence-corrected chi connectivity index (χ3v) is 8.18. The Morgan fingerprint density at radius 2 is 0.824 bits per heavy atom. The van der Waals surface area contributed by atoms with Crippen LogP contribution in [0.2, 0.25) is 0 Å². The smallest absolute Gasteiger partial charge is 0.460 e. The number of alkyl halides is 25. The molecule has 0 rings (SSSR count).